The Bertz CT molecular complexity index is 364. The van der Waals surface area contributed by atoms with Crippen LogP contribution in [0.4, 0.5) is 0 Å². The summed E-state index contributed by atoms with van der Waals surface area (Å²) < 4.78 is 0. The molecule has 0 bridgehead atoms. The largest absolute Gasteiger partial charge is 1.00 e. The summed E-state index contributed by atoms with van der Waals surface area (Å²) >= 11 is 0. The summed E-state index contributed by atoms with van der Waals surface area (Å²) in [5.74, 6) is 0. The van der Waals surface area contributed by atoms with Gasteiger partial charge in [0.1, 0.15) is 0 Å². The summed E-state index contributed by atoms with van der Waals surface area (Å²) in [5, 5.41) is 2.07. The summed E-state index contributed by atoms with van der Waals surface area (Å²) in [4.78, 5) is 10.8. The molecule has 0 aliphatic heterocycles. The molecule has 2 aromatic rings. The smallest absolute Gasteiger partial charge is 0.334 e. The zero-order valence-corrected chi connectivity index (χ0v) is 7.37. The number of rotatable bonds is 0. The second-order valence-corrected chi connectivity index (χ2v) is 2.32. The summed E-state index contributed by atoms with van der Waals surface area (Å²) in [6.45, 7) is 0. The van der Waals surface area contributed by atoms with Crippen LogP contribution in [-0.2, 0) is 0 Å². The van der Waals surface area contributed by atoms with Crippen molar-refractivity contribution in [2.45, 2.75) is 0 Å². The summed E-state index contributed by atoms with van der Waals surface area (Å²) in [5.41, 5.74) is 0.0983. The summed E-state index contributed by atoms with van der Waals surface area (Å²) in [7, 11) is 0. The van der Waals surface area contributed by atoms with Crippen molar-refractivity contribution in [1.82, 2.24) is 0 Å². The van der Waals surface area contributed by atoms with Crippen LogP contribution in [0.5, 0.6) is 0 Å². The van der Waals surface area contributed by atoms with E-state index in [1.807, 2.05) is 24.3 Å². The fraction of sp³-hybridized carbons (Fsp3) is 0. The van der Waals surface area contributed by atoms with E-state index >= 15 is 0 Å². The topological polar surface area (TPSA) is 17.1 Å². The Morgan fingerprint density at radius 3 is 1.75 bits per heavy atom. The summed E-state index contributed by atoms with van der Waals surface area (Å²) in [6.07, 6.45) is 0. The van der Waals surface area contributed by atoms with Gasteiger partial charge in [0.15, 0.2) is 0 Å². The molecule has 50 valence electrons. The van der Waals surface area contributed by atoms with Gasteiger partial charge in [-0.3, -0.25) is 10.8 Å². The number of fused-ring (bicyclic) bond motifs is 1. The zero-order chi connectivity index (χ0) is 6.97. The molecule has 12 heavy (non-hydrogen) atoms. The van der Waals surface area contributed by atoms with Gasteiger partial charge in [0, 0.05) is 5.43 Å². The van der Waals surface area contributed by atoms with Crippen LogP contribution in [-0.4, -0.2) is 0 Å². The molecule has 2 aromatic carbocycles. The molecule has 0 N–H and O–H groups in total. The van der Waals surface area contributed by atoms with E-state index in [1.54, 1.807) is 12.1 Å². The fourth-order valence-corrected chi connectivity index (χ4v) is 1.12. The van der Waals surface area contributed by atoms with E-state index in [9.17, 15) is 4.79 Å². The summed E-state index contributed by atoms with van der Waals surface area (Å²) in [6, 6.07) is 11.0. The second kappa shape index (κ2) is 4.75. The molecular weight excluding hydrogens is 138 g/mol. The molecule has 0 atom stereocenters. The second-order valence-electron chi connectivity index (χ2n) is 2.32. The van der Waals surface area contributed by atoms with E-state index in [-0.39, 0.29) is 43.1 Å². The Morgan fingerprint density at radius 2 is 1.33 bits per heavy atom. The van der Waals surface area contributed by atoms with Crippen molar-refractivity contribution in [3.63, 3.8) is 0 Å². The van der Waals surface area contributed by atoms with Crippen molar-refractivity contribution in [2.24, 2.45) is 0 Å². The average molecular weight is 144 g/mol. The predicted molar refractivity (Wildman–Crippen MR) is 41.4 cm³/mol. The zero-order valence-electron chi connectivity index (χ0n) is 7.37. The normalized spacial score (nSPS) is 8.67. The van der Waals surface area contributed by atoms with Crippen LogP contribution in [0.1, 0.15) is 0 Å². The van der Waals surface area contributed by atoms with Crippen molar-refractivity contribution < 1.29 is 37.7 Å². The Morgan fingerprint density at radius 1 is 0.917 bits per heavy atom. The van der Waals surface area contributed by atoms with E-state index in [0.29, 0.717) is 0 Å². The minimum absolute atomic E-state index is 0. The fourth-order valence-electron chi connectivity index (χ4n) is 1.12. The van der Waals surface area contributed by atoms with Gasteiger partial charge in [-0.2, -0.15) is 12.1 Å². The van der Waals surface area contributed by atoms with E-state index in [0.717, 1.165) is 10.8 Å². The standard InChI is InChI=1S/C9H6O.2Li/c10-9-5-7-3-1-2-4-8(7)6-9;;/h1-6H;;/q-2;2*+1. The molecule has 0 saturated heterocycles. The molecule has 0 aromatic heterocycles. The van der Waals surface area contributed by atoms with Crippen LogP contribution in [0.25, 0.3) is 10.8 Å². The minimum atomic E-state index is 0. The van der Waals surface area contributed by atoms with Gasteiger partial charge in [-0.15, -0.1) is 6.07 Å². The minimum Gasteiger partial charge on any atom is -0.334 e. The predicted octanol–water partition coefficient (Wildman–Crippen LogP) is -4.35. The molecular formula is C9H6Li2O. The van der Waals surface area contributed by atoms with Gasteiger partial charge in [0.05, 0.1) is 0 Å². The number of hydrogen-bond donors (Lipinski definition) is 0. The first kappa shape index (κ1) is 11.8. The van der Waals surface area contributed by atoms with E-state index < -0.39 is 0 Å². The van der Waals surface area contributed by atoms with Crippen LogP contribution < -0.4 is 43.1 Å². The van der Waals surface area contributed by atoms with Gasteiger partial charge in [0.2, 0.25) is 0 Å². The van der Waals surface area contributed by atoms with Crippen molar-refractivity contribution in [3.05, 3.63) is 46.6 Å². The van der Waals surface area contributed by atoms with Gasteiger partial charge >= 0.3 is 37.7 Å². The van der Waals surface area contributed by atoms with Crippen molar-refractivity contribution in [2.75, 3.05) is 0 Å². The van der Waals surface area contributed by atoms with Crippen LogP contribution in [0.2, 0.25) is 0 Å². The molecule has 0 spiro atoms. The molecule has 0 heterocycles. The van der Waals surface area contributed by atoms with Crippen LogP contribution in [0.3, 0.4) is 0 Å². The van der Waals surface area contributed by atoms with E-state index in [1.165, 1.54) is 0 Å². The van der Waals surface area contributed by atoms with Gasteiger partial charge < -0.3 is 4.79 Å². The third-order valence-corrected chi connectivity index (χ3v) is 1.59. The molecule has 3 heteroatoms. The first-order valence-electron chi connectivity index (χ1n) is 3.19. The molecule has 0 fully saturated rings. The van der Waals surface area contributed by atoms with E-state index in [2.05, 4.69) is 0 Å². The first-order chi connectivity index (χ1) is 4.86. The van der Waals surface area contributed by atoms with Crippen LogP contribution in [0.15, 0.2) is 41.2 Å². The maximum atomic E-state index is 10.8. The SMILES string of the molecule is O=c1[cH-]c2ccccc2[cH-]1.[Li+].[Li+]. The Hall–Kier alpha value is -0.175. The molecule has 2 rings (SSSR count). The van der Waals surface area contributed by atoms with Crippen molar-refractivity contribution in [3.8, 4) is 0 Å². The molecule has 0 aliphatic carbocycles. The number of hydrogen-bond acceptors (Lipinski definition) is 1. The van der Waals surface area contributed by atoms with E-state index in [4.69, 9.17) is 0 Å². The van der Waals surface area contributed by atoms with Gasteiger partial charge in [0.25, 0.3) is 0 Å². The molecule has 0 aliphatic rings. The quantitative estimate of drug-likeness (QED) is 0.270. The maximum Gasteiger partial charge on any atom is 1.00 e. The monoisotopic (exact) mass is 144 g/mol. The first-order valence-corrected chi connectivity index (χ1v) is 3.19. The van der Waals surface area contributed by atoms with Crippen molar-refractivity contribution in [1.29, 1.82) is 0 Å². The van der Waals surface area contributed by atoms with Crippen LogP contribution >= 0.6 is 0 Å². The third kappa shape index (κ3) is 2.16. The molecule has 0 unspecified atom stereocenters. The van der Waals surface area contributed by atoms with Gasteiger partial charge in [-0.25, -0.2) is 12.1 Å². The number of benzene rings is 1. The van der Waals surface area contributed by atoms with Crippen LogP contribution in [0, 0.1) is 0 Å². The molecule has 0 saturated carbocycles. The maximum absolute atomic E-state index is 10.8. The molecule has 0 amide bonds. The third-order valence-electron chi connectivity index (χ3n) is 1.59. The Labute approximate surface area is 94.9 Å². The van der Waals surface area contributed by atoms with Crippen molar-refractivity contribution >= 4 is 10.8 Å². The Balaban J connectivity index is 0.000000605. The Kier molecular flexibility index (Phi) is 4.68. The van der Waals surface area contributed by atoms with Gasteiger partial charge in [-0.05, 0) is 0 Å². The molecule has 1 nitrogen and oxygen atoms in total. The van der Waals surface area contributed by atoms with Gasteiger partial charge in [-0.1, -0.05) is 6.07 Å². The molecule has 0 radical (unpaired) electrons. The average Bonchev–Trinajstić information content (AvgIpc) is 2.27.